The van der Waals surface area contributed by atoms with E-state index in [1.54, 1.807) is 72.4 Å². The molecule has 0 aromatic heterocycles. The Morgan fingerprint density at radius 3 is 1.33 bits per heavy atom. The average molecular weight is 577 g/mol. The topological polar surface area (TPSA) is 98.8 Å². The molecule has 4 aromatic rings. The molecule has 0 saturated carbocycles. The Kier molecular flexibility index (Phi) is 10.8. The van der Waals surface area contributed by atoms with Crippen molar-refractivity contribution in [1.29, 1.82) is 0 Å². The van der Waals surface area contributed by atoms with E-state index in [0.717, 1.165) is 11.1 Å². The third kappa shape index (κ3) is 9.39. The van der Waals surface area contributed by atoms with Crippen LogP contribution in [0.5, 0.6) is 0 Å². The summed E-state index contributed by atoms with van der Waals surface area (Å²) in [4.78, 5) is 54.1. The van der Waals surface area contributed by atoms with E-state index in [-0.39, 0.29) is 36.5 Å². The van der Waals surface area contributed by atoms with Crippen LogP contribution in [0.4, 0.5) is 11.4 Å². The number of rotatable bonds is 12. The molecule has 0 saturated heterocycles. The van der Waals surface area contributed by atoms with Crippen molar-refractivity contribution in [3.63, 3.8) is 0 Å². The summed E-state index contributed by atoms with van der Waals surface area (Å²) in [5.41, 5.74) is 4.04. The molecule has 0 unspecified atom stereocenters. The van der Waals surface area contributed by atoms with Crippen LogP contribution in [0.1, 0.15) is 51.1 Å². The fourth-order valence-corrected chi connectivity index (χ4v) is 4.62. The molecule has 4 aromatic carbocycles. The fraction of sp³-hybridized carbons (Fsp3) is 0.200. The molecule has 0 bridgehead atoms. The molecule has 4 rings (SSSR count). The lowest BCUT2D eigenvalue weighted by atomic mass is 10.1. The number of carbonyl (C=O) groups excluding carboxylic acids is 4. The second kappa shape index (κ2) is 15.1. The van der Waals surface area contributed by atoms with Gasteiger partial charge in [-0.2, -0.15) is 0 Å². The second-order valence-electron chi connectivity index (χ2n) is 10.4. The molecular weight excluding hydrogens is 540 g/mol. The minimum atomic E-state index is -0.246. The van der Waals surface area contributed by atoms with Crippen molar-refractivity contribution in [2.75, 3.05) is 24.7 Å². The van der Waals surface area contributed by atoms with Gasteiger partial charge in [-0.15, -0.1) is 0 Å². The average Bonchev–Trinajstić information content (AvgIpc) is 3.01. The summed E-state index contributed by atoms with van der Waals surface area (Å²) < 4.78 is 0. The molecule has 43 heavy (non-hydrogen) atoms. The highest BCUT2D eigenvalue weighted by molar-refractivity contribution is 5.98. The van der Waals surface area contributed by atoms with E-state index in [0.29, 0.717) is 42.0 Å². The van der Waals surface area contributed by atoms with Gasteiger partial charge in [0, 0.05) is 62.5 Å². The minimum absolute atomic E-state index is 0.141. The Morgan fingerprint density at radius 1 is 0.535 bits per heavy atom. The smallest absolute Gasteiger partial charge is 0.253 e. The summed E-state index contributed by atoms with van der Waals surface area (Å²) in [6.45, 7) is 0.953. The van der Waals surface area contributed by atoms with Crippen LogP contribution >= 0.6 is 0 Å². The quantitative estimate of drug-likeness (QED) is 0.217. The van der Waals surface area contributed by atoms with Crippen LogP contribution in [0.3, 0.4) is 0 Å². The first-order valence-electron chi connectivity index (χ1n) is 14.2. The van der Waals surface area contributed by atoms with Crippen LogP contribution in [0.25, 0.3) is 0 Å². The molecule has 220 valence electrons. The molecule has 0 atom stereocenters. The van der Waals surface area contributed by atoms with Crippen LogP contribution < -0.4 is 10.6 Å². The van der Waals surface area contributed by atoms with E-state index < -0.39 is 0 Å². The first-order valence-corrected chi connectivity index (χ1v) is 14.2. The minimum Gasteiger partial charge on any atom is -0.337 e. The summed E-state index contributed by atoms with van der Waals surface area (Å²) in [6, 6.07) is 33.1. The molecule has 0 heterocycles. The van der Waals surface area contributed by atoms with Gasteiger partial charge in [-0.1, -0.05) is 72.8 Å². The fourth-order valence-electron chi connectivity index (χ4n) is 4.62. The third-order valence-corrected chi connectivity index (χ3v) is 6.81. The number of hydrogen-bond acceptors (Lipinski definition) is 4. The molecule has 2 N–H and O–H groups in total. The van der Waals surface area contributed by atoms with Crippen LogP contribution in [0, 0.1) is 0 Å². The van der Waals surface area contributed by atoms with Crippen LogP contribution in [0.2, 0.25) is 0 Å². The van der Waals surface area contributed by atoms with Gasteiger partial charge in [0.2, 0.25) is 11.8 Å². The van der Waals surface area contributed by atoms with Gasteiger partial charge in [0.15, 0.2) is 0 Å². The van der Waals surface area contributed by atoms with E-state index in [2.05, 4.69) is 10.6 Å². The number of benzene rings is 4. The first-order chi connectivity index (χ1) is 20.8. The highest BCUT2D eigenvalue weighted by Gasteiger charge is 2.15. The van der Waals surface area contributed by atoms with Crippen molar-refractivity contribution in [3.8, 4) is 0 Å². The molecule has 0 spiro atoms. The van der Waals surface area contributed by atoms with Crippen molar-refractivity contribution >= 4 is 35.0 Å². The normalized spacial score (nSPS) is 10.5. The molecule has 8 heteroatoms. The Bertz CT molecular complexity index is 1440. The zero-order chi connectivity index (χ0) is 30.6. The van der Waals surface area contributed by atoms with Crippen molar-refractivity contribution in [1.82, 2.24) is 9.80 Å². The van der Waals surface area contributed by atoms with Gasteiger partial charge in [-0.25, -0.2) is 0 Å². The van der Waals surface area contributed by atoms with E-state index in [1.165, 1.54) is 0 Å². The van der Waals surface area contributed by atoms with Gasteiger partial charge in [-0.05, 0) is 53.9 Å². The van der Waals surface area contributed by atoms with Gasteiger partial charge in [0.1, 0.15) is 0 Å². The largest absolute Gasteiger partial charge is 0.337 e. The number of nitrogens with zero attached hydrogens (tertiary/aromatic N) is 2. The second-order valence-corrected chi connectivity index (χ2v) is 10.4. The Morgan fingerprint density at radius 2 is 0.930 bits per heavy atom. The zero-order valence-electron chi connectivity index (χ0n) is 24.5. The van der Waals surface area contributed by atoms with Gasteiger partial charge < -0.3 is 20.4 Å². The van der Waals surface area contributed by atoms with E-state index in [4.69, 9.17) is 0 Å². The monoisotopic (exact) mass is 576 g/mol. The SMILES string of the molecule is CN(Cc1ccccc1)C(=O)c1cccc(NC(=O)CCCC(=O)Nc2cccc(C(=O)N(C)Cc3ccccc3)c2)c1. The summed E-state index contributed by atoms with van der Waals surface area (Å²) in [5, 5.41) is 5.63. The van der Waals surface area contributed by atoms with Crippen molar-refractivity contribution in [2.24, 2.45) is 0 Å². The number of amides is 4. The number of carbonyl (C=O) groups is 4. The molecule has 0 radical (unpaired) electrons. The van der Waals surface area contributed by atoms with Gasteiger partial charge in [-0.3, -0.25) is 19.2 Å². The lowest BCUT2D eigenvalue weighted by molar-refractivity contribution is -0.117. The number of nitrogens with one attached hydrogen (secondary N) is 2. The third-order valence-electron chi connectivity index (χ3n) is 6.81. The molecule has 0 aliphatic heterocycles. The summed E-state index contributed by atoms with van der Waals surface area (Å²) in [6.07, 6.45) is 0.624. The predicted molar refractivity (Wildman–Crippen MR) is 168 cm³/mol. The van der Waals surface area contributed by atoms with E-state index in [1.807, 2.05) is 60.7 Å². The van der Waals surface area contributed by atoms with Crippen molar-refractivity contribution in [3.05, 3.63) is 131 Å². The Balaban J connectivity index is 1.22. The highest BCUT2D eigenvalue weighted by Crippen LogP contribution is 2.17. The lowest BCUT2D eigenvalue weighted by Crippen LogP contribution is -2.26. The molecular formula is C35H36N4O4. The standard InChI is InChI=1S/C35H36N4O4/c1-38(24-26-12-5-3-6-13-26)34(42)28-16-9-18-30(22-28)36-32(40)20-11-21-33(41)37-31-19-10-17-29(23-31)35(43)39(2)25-27-14-7-4-8-15-27/h3-10,12-19,22-23H,11,20-21,24-25H2,1-2H3,(H,36,40)(H,37,41). The zero-order valence-corrected chi connectivity index (χ0v) is 24.5. The molecule has 0 aliphatic rings. The number of hydrogen-bond donors (Lipinski definition) is 2. The molecule has 8 nitrogen and oxygen atoms in total. The van der Waals surface area contributed by atoms with Gasteiger partial charge in [0.25, 0.3) is 11.8 Å². The van der Waals surface area contributed by atoms with Crippen LogP contribution in [0.15, 0.2) is 109 Å². The van der Waals surface area contributed by atoms with E-state index >= 15 is 0 Å². The van der Waals surface area contributed by atoms with Crippen molar-refractivity contribution < 1.29 is 19.2 Å². The summed E-state index contributed by atoms with van der Waals surface area (Å²) in [7, 11) is 3.48. The maximum absolute atomic E-state index is 12.9. The molecule has 4 amide bonds. The van der Waals surface area contributed by atoms with Gasteiger partial charge in [0.05, 0.1) is 0 Å². The number of anilines is 2. The van der Waals surface area contributed by atoms with Crippen LogP contribution in [-0.2, 0) is 22.7 Å². The first kappa shape index (κ1) is 30.7. The maximum Gasteiger partial charge on any atom is 0.253 e. The van der Waals surface area contributed by atoms with E-state index in [9.17, 15) is 19.2 Å². The van der Waals surface area contributed by atoms with Crippen molar-refractivity contribution in [2.45, 2.75) is 32.4 Å². The van der Waals surface area contributed by atoms with Gasteiger partial charge >= 0.3 is 0 Å². The molecule has 0 aliphatic carbocycles. The Hall–Kier alpha value is -5.24. The predicted octanol–water partition coefficient (Wildman–Crippen LogP) is 5.98. The maximum atomic E-state index is 12.9. The molecule has 0 fully saturated rings. The Labute approximate surface area is 252 Å². The summed E-state index contributed by atoms with van der Waals surface area (Å²) >= 11 is 0. The van der Waals surface area contributed by atoms with Crippen LogP contribution in [-0.4, -0.2) is 47.5 Å². The lowest BCUT2D eigenvalue weighted by Gasteiger charge is -2.18. The summed E-state index contributed by atoms with van der Waals surface area (Å²) in [5.74, 6) is -0.788. The highest BCUT2D eigenvalue weighted by atomic mass is 16.2.